The Morgan fingerprint density at radius 3 is 1.80 bits per heavy atom. The van der Waals surface area contributed by atoms with E-state index in [1.165, 1.54) is 10.4 Å². The van der Waals surface area contributed by atoms with Crippen LogP contribution in [-0.4, -0.2) is 20.9 Å². The fourth-order valence-electron chi connectivity index (χ4n) is 3.81. The molecule has 0 fully saturated rings. The Morgan fingerprint density at radius 2 is 1.30 bits per heavy atom. The van der Waals surface area contributed by atoms with Gasteiger partial charge in [-0.3, -0.25) is 0 Å². The van der Waals surface area contributed by atoms with Crippen LogP contribution in [0.25, 0.3) is 0 Å². The van der Waals surface area contributed by atoms with Gasteiger partial charge in [0, 0.05) is 0 Å². The average Bonchev–Trinajstić information content (AvgIpc) is 2.76. The topological polar surface area (TPSA) is 35.5 Å². The smallest absolute Gasteiger partial charge is 0.341 e. The van der Waals surface area contributed by atoms with Crippen molar-refractivity contribution in [2.75, 3.05) is 6.61 Å². The number of hydrogen-bond acceptors (Lipinski definition) is 3. The van der Waals surface area contributed by atoms with E-state index in [0.29, 0.717) is 17.9 Å². The number of carbonyl (C=O) groups excluding carboxylic acids is 1. The van der Waals surface area contributed by atoms with Crippen molar-refractivity contribution in [3.63, 3.8) is 0 Å². The zero-order chi connectivity index (χ0) is 21.6. The third kappa shape index (κ3) is 4.34. The van der Waals surface area contributed by atoms with Gasteiger partial charge in [0.15, 0.2) is 0 Å². The highest BCUT2D eigenvalue weighted by molar-refractivity contribution is 7.00. The molecular formula is C26H30O3Si. The van der Waals surface area contributed by atoms with Crippen LogP contribution in [0.1, 0.15) is 44.5 Å². The maximum absolute atomic E-state index is 12.7. The van der Waals surface area contributed by atoms with Gasteiger partial charge in [-0.05, 0) is 34.0 Å². The highest BCUT2D eigenvalue weighted by atomic mass is 28.4. The summed E-state index contributed by atoms with van der Waals surface area (Å²) in [4.78, 5) is 12.7. The van der Waals surface area contributed by atoms with Crippen molar-refractivity contribution < 1.29 is 14.0 Å². The molecule has 0 bridgehead atoms. The molecule has 0 amide bonds. The first-order chi connectivity index (χ1) is 14.4. The van der Waals surface area contributed by atoms with E-state index in [1.54, 1.807) is 6.07 Å². The maximum atomic E-state index is 12.7. The van der Waals surface area contributed by atoms with Crippen LogP contribution >= 0.6 is 0 Å². The van der Waals surface area contributed by atoms with Gasteiger partial charge in [0.25, 0.3) is 0 Å². The average molecular weight is 419 g/mol. The molecule has 0 saturated carbocycles. The van der Waals surface area contributed by atoms with Gasteiger partial charge in [0.05, 0.1) is 6.61 Å². The molecular weight excluding hydrogens is 388 g/mol. The van der Waals surface area contributed by atoms with E-state index in [9.17, 15) is 4.79 Å². The van der Waals surface area contributed by atoms with Gasteiger partial charge in [-0.1, -0.05) is 100 Å². The van der Waals surface area contributed by atoms with Crippen LogP contribution < -0.4 is 14.8 Å². The zero-order valence-electron chi connectivity index (χ0n) is 18.2. The van der Waals surface area contributed by atoms with E-state index in [-0.39, 0.29) is 11.0 Å². The lowest BCUT2D eigenvalue weighted by atomic mass is 10.2. The molecule has 30 heavy (non-hydrogen) atoms. The summed E-state index contributed by atoms with van der Waals surface area (Å²) in [5.74, 6) is 0.235. The highest BCUT2D eigenvalue weighted by Crippen LogP contribution is 2.38. The fourth-order valence-corrected chi connectivity index (χ4v) is 8.25. The van der Waals surface area contributed by atoms with Crippen LogP contribution in [0.3, 0.4) is 0 Å². The molecule has 0 spiro atoms. The Balaban J connectivity index is 2.20. The van der Waals surface area contributed by atoms with Gasteiger partial charge >= 0.3 is 14.3 Å². The SMILES string of the molecule is CCCOC(=O)c1ccccc1O[Si](c1ccccc1)(c1ccccc1)C(C)(C)C. The summed E-state index contributed by atoms with van der Waals surface area (Å²) in [7, 11) is -2.81. The second-order valence-corrected chi connectivity index (χ2v) is 12.6. The van der Waals surface area contributed by atoms with Crippen LogP contribution in [0, 0.1) is 0 Å². The Hall–Kier alpha value is -2.85. The maximum Gasteiger partial charge on any atom is 0.341 e. The molecule has 0 aliphatic carbocycles. The van der Waals surface area contributed by atoms with E-state index < -0.39 is 8.32 Å². The van der Waals surface area contributed by atoms with Gasteiger partial charge in [0.2, 0.25) is 0 Å². The largest absolute Gasteiger partial charge is 0.533 e. The molecule has 3 aromatic carbocycles. The Kier molecular flexibility index (Phi) is 6.78. The number of hydrogen-bond donors (Lipinski definition) is 0. The molecule has 3 rings (SSSR count). The van der Waals surface area contributed by atoms with Crippen molar-refractivity contribution in [2.24, 2.45) is 0 Å². The first-order valence-corrected chi connectivity index (χ1v) is 12.4. The zero-order valence-corrected chi connectivity index (χ0v) is 19.2. The third-order valence-corrected chi connectivity index (χ3v) is 10.2. The first-order valence-electron chi connectivity index (χ1n) is 10.5. The summed E-state index contributed by atoms with van der Waals surface area (Å²) in [5.41, 5.74) is 0.471. The van der Waals surface area contributed by atoms with Crippen LogP contribution in [-0.2, 0) is 4.74 Å². The molecule has 0 aromatic heterocycles. The van der Waals surface area contributed by atoms with Crippen molar-refractivity contribution in [2.45, 2.75) is 39.2 Å². The lowest BCUT2D eigenvalue weighted by Gasteiger charge is -2.43. The molecule has 0 saturated heterocycles. The predicted molar refractivity (Wildman–Crippen MR) is 125 cm³/mol. The number of benzene rings is 3. The van der Waals surface area contributed by atoms with Gasteiger partial charge in [-0.2, -0.15) is 0 Å². The van der Waals surface area contributed by atoms with Crippen LogP contribution in [0.15, 0.2) is 84.9 Å². The quantitative estimate of drug-likeness (QED) is 0.391. The molecule has 0 N–H and O–H groups in total. The predicted octanol–water partition coefficient (Wildman–Crippen LogP) is 5.19. The number of esters is 1. The molecule has 0 unspecified atom stereocenters. The number of para-hydroxylation sites is 1. The van der Waals surface area contributed by atoms with Gasteiger partial charge in [-0.15, -0.1) is 0 Å². The van der Waals surface area contributed by atoms with E-state index >= 15 is 0 Å². The Morgan fingerprint density at radius 1 is 0.800 bits per heavy atom. The summed E-state index contributed by atoms with van der Waals surface area (Å²) in [6, 6.07) is 28.2. The number of carbonyl (C=O) groups is 1. The Bertz CT molecular complexity index is 923. The first kappa shape index (κ1) is 21.8. The summed E-state index contributed by atoms with van der Waals surface area (Å²) < 4.78 is 12.4. The van der Waals surface area contributed by atoms with E-state index in [4.69, 9.17) is 9.16 Å². The summed E-state index contributed by atoms with van der Waals surface area (Å²) >= 11 is 0. The second kappa shape index (κ2) is 9.31. The van der Waals surface area contributed by atoms with Crippen molar-refractivity contribution in [3.8, 4) is 5.75 Å². The molecule has 3 aromatic rings. The standard InChI is InChI=1S/C26H30O3Si/c1-5-20-28-25(27)23-18-12-13-19-24(23)29-30(26(2,3)4,21-14-8-6-9-15-21)22-16-10-7-11-17-22/h6-19H,5,20H2,1-4H3. The molecule has 0 radical (unpaired) electrons. The van der Waals surface area contributed by atoms with E-state index in [2.05, 4.69) is 69.3 Å². The minimum Gasteiger partial charge on any atom is -0.533 e. The minimum absolute atomic E-state index is 0.184. The normalized spacial score (nSPS) is 11.7. The second-order valence-electron chi connectivity index (χ2n) is 8.40. The highest BCUT2D eigenvalue weighted by Gasteiger charge is 2.52. The molecule has 4 heteroatoms. The lowest BCUT2D eigenvalue weighted by molar-refractivity contribution is 0.0503. The molecule has 0 aliphatic heterocycles. The van der Waals surface area contributed by atoms with Gasteiger partial charge in [-0.25, -0.2) is 4.79 Å². The molecule has 0 atom stereocenters. The molecule has 0 aliphatic rings. The molecule has 0 heterocycles. The van der Waals surface area contributed by atoms with E-state index in [1.807, 2.05) is 37.3 Å². The monoisotopic (exact) mass is 418 g/mol. The van der Waals surface area contributed by atoms with Gasteiger partial charge in [0.1, 0.15) is 11.3 Å². The fraction of sp³-hybridized carbons (Fsp3) is 0.269. The van der Waals surface area contributed by atoms with Crippen molar-refractivity contribution >= 4 is 24.7 Å². The summed E-state index contributed by atoms with van der Waals surface area (Å²) in [6.45, 7) is 9.04. The van der Waals surface area contributed by atoms with Gasteiger partial charge < -0.3 is 9.16 Å². The van der Waals surface area contributed by atoms with Crippen molar-refractivity contribution in [3.05, 3.63) is 90.5 Å². The number of ether oxygens (including phenoxy) is 1. The van der Waals surface area contributed by atoms with Crippen LogP contribution in [0.2, 0.25) is 5.04 Å². The third-order valence-electron chi connectivity index (χ3n) is 5.22. The Labute approximate surface area is 180 Å². The van der Waals surface area contributed by atoms with Crippen molar-refractivity contribution in [1.29, 1.82) is 0 Å². The molecule has 156 valence electrons. The van der Waals surface area contributed by atoms with Crippen molar-refractivity contribution in [1.82, 2.24) is 0 Å². The summed E-state index contributed by atoms with van der Waals surface area (Å²) in [6.07, 6.45) is 0.781. The van der Waals surface area contributed by atoms with Crippen LogP contribution in [0.5, 0.6) is 5.75 Å². The van der Waals surface area contributed by atoms with Crippen LogP contribution in [0.4, 0.5) is 0 Å². The lowest BCUT2D eigenvalue weighted by Crippen LogP contribution is -2.69. The molecule has 3 nitrogen and oxygen atoms in total. The number of rotatable bonds is 7. The minimum atomic E-state index is -2.81. The summed E-state index contributed by atoms with van der Waals surface area (Å²) in [5, 5.41) is 2.15. The van der Waals surface area contributed by atoms with E-state index in [0.717, 1.165) is 6.42 Å².